The van der Waals surface area contributed by atoms with Crippen molar-refractivity contribution < 1.29 is 9.13 Å². The van der Waals surface area contributed by atoms with Gasteiger partial charge in [0.05, 0.1) is 6.61 Å². The van der Waals surface area contributed by atoms with Crippen LogP contribution in [0.2, 0.25) is 0 Å². The van der Waals surface area contributed by atoms with Gasteiger partial charge in [-0.15, -0.1) is 0 Å². The first-order chi connectivity index (χ1) is 12.1. The average Bonchev–Trinajstić information content (AvgIpc) is 3.19. The van der Waals surface area contributed by atoms with Gasteiger partial charge in [0, 0.05) is 32.5 Å². The molecule has 0 saturated carbocycles. The summed E-state index contributed by atoms with van der Waals surface area (Å²) in [6.07, 6.45) is 1.81. The van der Waals surface area contributed by atoms with Gasteiger partial charge in [0.2, 0.25) is 0 Å². The van der Waals surface area contributed by atoms with E-state index in [0.29, 0.717) is 11.6 Å². The summed E-state index contributed by atoms with van der Waals surface area (Å²) < 4.78 is 21.2. The van der Waals surface area contributed by atoms with Gasteiger partial charge in [0.15, 0.2) is 5.82 Å². The lowest BCUT2D eigenvalue weighted by Crippen LogP contribution is -2.25. The summed E-state index contributed by atoms with van der Waals surface area (Å²) in [6, 6.07) is 6.78. The maximum absolute atomic E-state index is 14.3. The molecule has 1 fully saturated rings. The summed E-state index contributed by atoms with van der Waals surface area (Å²) in [7, 11) is 1.72. The van der Waals surface area contributed by atoms with Crippen molar-refractivity contribution >= 4 is 0 Å². The second kappa shape index (κ2) is 8.06. The number of nitrogens with zero attached hydrogens (tertiary/aromatic N) is 4. The highest BCUT2D eigenvalue weighted by Gasteiger charge is 2.29. The standard InChI is InChI=1S/C19H27FN4O/c1-14(2)12-18-21-19(15-8-9-23(13-15)10-11-25-3)24(22-18)17-7-5-4-6-16(17)20/h4-7,14-15H,8-13H2,1-3H3/t15-/m0/s1. The molecule has 0 bridgehead atoms. The van der Waals surface area contributed by atoms with E-state index >= 15 is 0 Å². The smallest absolute Gasteiger partial charge is 0.151 e. The van der Waals surface area contributed by atoms with Crippen LogP contribution in [0.1, 0.15) is 37.8 Å². The normalized spacial score (nSPS) is 18.4. The van der Waals surface area contributed by atoms with E-state index in [2.05, 4.69) is 23.8 Å². The van der Waals surface area contributed by atoms with Crippen molar-refractivity contribution in [3.63, 3.8) is 0 Å². The van der Waals surface area contributed by atoms with Crippen LogP contribution in [0.25, 0.3) is 5.69 Å². The van der Waals surface area contributed by atoms with Gasteiger partial charge in [-0.25, -0.2) is 14.1 Å². The summed E-state index contributed by atoms with van der Waals surface area (Å²) in [5, 5.41) is 4.64. The molecule has 6 heteroatoms. The molecule has 1 saturated heterocycles. The van der Waals surface area contributed by atoms with E-state index in [0.717, 1.165) is 50.7 Å². The van der Waals surface area contributed by atoms with Crippen molar-refractivity contribution in [2.75, 3.05) is 33.4 Å². The predicted molar refractivity (Wildman–Crippen MR) is 95.5 cm³/mol. The maximum Gasteiger partial charge on any atom is 0.151 e. The molecular weight excluding hydrogens is 319 g/mol. The van der Waals surface area contributed by atoms with Crippen LogP contribution >= 0.6 is 0 Å². The Morgan fingerprint density at radius 1 is 1.32 bits per heavy atom. The van der Waals surface area contributed by atoms with Crippen LogP contribution in [0.3, 0.4) is 0 Å². The van der Waals surface area contributed by atoms with Crippen molar-refractivity contribution in [1.82, 2.24) is 19.7 Å². The van der Waals surface area contributed by atoms with E-state index < -0.39 is 0 Å². The van der Waals surface area contributed by atoms with Gasteiger partial charge in [0.25, 0.3) is 0 Å². The van der Waals surface area contributed by atoms with Crippen molar-refractivity contribution in [2.45, 2.75) is 32.6 Å². The number of hydrogen-bond donors (Lipinski definition) is 0. The molecule has 1 aliphatic rings. The third-order valence-electron chi connectivity index (χ3n) is 4.60. The Labute approximate surface area is 148 Å². The van der Waals surface area contributed by atoms with E-state index in [4.69, 9.17) is 9.72 Å². The number of para-hydroxylation sites is 1. The van der Waals surface area contributed by atoms with E-state index in [9.17, 15) is 4.39 Å². The Balaban J connectivity index is 1.89. The molecule has 1 atom stereocenters. The van der Waals surface area contributed by atoms with Gasteiger partial charge in [-0.2, -0.15) is 5.10 Å². The van der Waals surface area contributed by atoms with Crippen LogP contribution in [0.5, 0.6) is 0 Å². The summed E-state index contributed by atoms with van der Waals surface area (Å²) >= 11 is 0. The highest BCUT2D eigenvalue weighted by atomic mass is 19.1. The highest BCUT2D eigenvalue weighted by Crippen LogP contribution is 2.28. The van der Waals surface area contributed by atoms with Gasteiger partial charge in [-0.1, -0.05) is 26.0 Å². The predicted octanol–water partition coefficient (Wildman–Crippen LogP) is 3.04. The van der Waals surface area contributed by atoms with Crippen molar-refractivity contribution in [2.24, 2.45) is 5.92 Å². The van der Waals surface area contributed by atoms with Crippen LogP contribution in [-0.2, 0) is 11.2 Å². The fourth-order valence-electron chi connectivity index (χ4n) is 3.35. The molecule has 0 amide bonds. The first kappa shape index (κ1) is 18.0. The molecule has 5 nitrogen and oxygen atoms in total. The lowest BCUT2D eigenvalue weighted by atomic mass is 10.1. The number of likely N-dealkylation sites (tertiary alicyclic amines) is 1. The third kappa shape index (κ3) is 4.25. The lowest BCUT2D eigenvalue weighted by molar-refractivity contribution is 0.160. The monoisotopic (exact) mass is 346 g/mol. The number of ether oxygens (including phenoxy) is 1. The van der Waals surface area contributed by atoms with Gasteiger partial charge in [-0.3, -0.25) is 0 Å². The second-order valence-corrected chi connectivity index (χ2v) is 7.13. The molecule has 2 heterocycles. The summed E-state index contributed by atoms with van der Waals surface area (Å²) in [6.45, 7) is 7.86. The molecule has 0 spiro atoms. The zero-order chi connectivity index (χ0) is 17.8. The number of aromatic nitrogens is 3. The molecule has 0 unspecified atom stereocenters. The molecule has 136 valence electrons. The van der Waals surface area contributed by atoms with Crippen LogP contribution in [0.15, 0.2) is 24.3 Å². The van der Waals surface area contributed by atoms with Gasteiger partial charge >= 0.3 is 0 Å². The topological polar surface area (TPSA) is 43.2 Å². The van der Waals surface area contributed by atoms with Crippen LogP contribution in [0, 0.1) is 11.7 Å². The summed E-state index contributed by atoms with van der Waals surface area (Å²) in [5.74, 6) is 2.14. The number of benzene rings is 1. The minimum Gasteiger partial charge on any atom is -0.383 e. The van der Waals surface area contributed by atoms with Gasteiger partial charge < -0.3 is 9.64 Å². The van der Waals surface area contributed by atoms with E-state index in [1.54, 1.807) is 23.9 Å². The number of hydrogen-bond acceptors (Lipinski definition) is 4. The molecule has 1 aliphatic heterocycles. The molecule has 2 aromatic rings. The molecule has 3 rings (SSSR count). The van der Waals surface area contributed by atoms with Crippen LogP contribution < -0.4 is 0 Å². The summed E-state index contributed by atoms with van der Waals surface area (Å²) in [5.41, 5.74) is 0.482. The highest BCUT2D eigenvalue weighted by molar-refractivity contribution is 5.34. The first-order valence-corrected chi connectivity index (χ1v) is 9.00. The minimum atomic E-state index is -0.265. The number of rotatable bonds is 7. The largest absolute Gasteiger partial charge is 0.383 e. The molecule has 0 N–H and O–H groups in total. The Kier molecular flexibility index (Phi) is 5.81. The lowest BCUT2D eigenvalue weighted by Gasteiger charge is -2.15. The Hall–Kier alpha value is -1.79. The third-order valence-corrected chi connectivity index (χ3v) is 4.60. The SMILES string of the molecule is COCCN1CC[C@H](c2nc(CC(C)C)nn2-c2ccccc2F)C1. The van der Waals surface area contributed by atoms with Crippen molar-refractivity contribution in [1.29, 1.82) is 0 Å². The van der Waals surface area contributed by atoms with Crippen LogP contribution in [0.4, 0.5) is 4.39 Å². The second-order valence-electron chi connectivity index (χ2n) is 7.13. The zero-order valence-corrected chi connectivity index (χ0v) is 15.3. The fraction of sp³-hybridized carbons (Fsp3) is 0.579. The fourth-order valence-corrected chi connectivity index (χ4v) is 3.35. The van der Waals surface area contributed by atoms with Gasteiger partial charge in [0.1, 0.15) is 17.3 Å². The minimum absolute atomic E-state index is 0.265. The molecule has 25 heavy (non-hydrogen) atoms. The zero-order valence-electron chi connectivity index (χ0n) is 15.3. The maximum atomic E-state index is 14.3. The quantitative estimate of drug-likeness (QED) is 0.773. The van der Waals surface area contributed by atoms with Crippen LogP contribution in [-0.4, -0.2) is 53.0 Å². The number of methoxy groups -OCH3 is 1. The molecule has 1 aromatic heterocycles. The first-order valence-electron chi connectivity index (χ1n) is 9.00. The van der Waals surface area contributed by atoms with E-state index in [1.807, 2.05) is 6.07 Å². The van der Waals surface area contributed by atoms with E-state index in [1.165, 1.54) is 6.07 Å². The van der Waals surface area contributed by atoms with E-state index in [-0.39, 0.29) is 11.7 Å². The summed E-state index contributed by atoms with van der Waals surface area (Å²) in [4.78, 5) is 7.16. The molecular formula is C19H27FN4O. The van der Waals surface area contributed by atoms with Crippen molar-refractivity contribution in [3.8, 4) is 5.69 Å². The Bertz CT molecular complexity index is 700. The van der Waals surface area contributed by atoms with Gasteiger partial charge in [-0.05, 0) is 31.0 Å². The average molecular weight is 346 g/mol. The Morgan fingerprint density at radius 2 is 2.12 bits per heavy atom. The Morgan fingerprint density at radius 3 is 2.84 bits per heavy atom. The van der Waals surface area contributed by atoms with Crippen molar-refractivity contribution in [3.05, 3.63) is 41.7 Å². The molecule has 1 aromatic carbocycles. The molecule has 0 aliphatic carbocycles. The molecule has 0 radical (unpaired) electrons. The number of halogens is 1.